The van der Waals surface area contributed by atoms with E-state index < -0.39 is 18.0 Å². The van der Waals surface area contributed by atoms with Crippen LogP contribution in [0.4, 0.5) is 5.69 Å². The van der Waals surface area contributed by atoms with Crippen molar-refractivity contribution in [3.63, 3.8) is 0 Å². The summed E-state index contributed by atoms with van der Waals surface area (Å²) in [7, 11) is 0. The predicted molar refractivity (Wildman–Crippen MR) is 89.1 cm³/mol. The van der Waals surface area contributed by atoms with Crippen LogP contribution in [0.5, 0.6) is 0 Å². The first-order chi connectivity index (χ1) is 10.5. The Labute approximate surface area is 141 Å². The molecule has 0 fully saturated rings. The molecule has 0 aliphatic carbocycles. The van der Waals surface area contributed by atoms with Gasteiger partial charge in [0.25, 0.3) is 5.91 Å². The molecule has 2 aromatic carbocycles. The smallest absolute Gasteiger partial charge is 0.340 e. The zero-order valence-electron chi connectivity index (χ0n) is 11.7. The van der Waals surface area contributed by atoms with Crippen molar-refractivity contribution in [2.24, 2.45) is 0 Å². The average molecular weight is 383 g/mol. The number of benzene rings is 2. The van der Waals surface area contributed by atoms with E-state index in [1.165, 1.54) is 6.92 Å². The van der Waals surface area contributed by atoms with Crippen LogP contribution in [0.25, 0.3) is 0 Å². The molecule has 114 valence electrons. The van der Waals surface area contributed by atoms with Gasteiger partial charge in [0.1, 0.15) is 0 Å². The van der Waals surface area contributed by atoms with Gasteiger partial charge in [-0.2, -0.15) is 0 Å². The summed E-state index contributed by atoms with van der Waals surface area (Å²) >= 11 is 9.12. The fraction of sp³-hybridized carbons (Fsp3) is 0.125. The highest BCUT2D eigenvalue weighted by molar-refractivity contribution is 9.10. The normalized spacial score (nSPS) is 11.6. The second-order valence-electron chi connectivity index (χ2n) is 4.53. The highest BCUT2D eigenvalue weighted by Gasteiger charge is 2.20. The van der Waals surface area contributed by atoms with Crippen molar-refractivity contribution < 1.29 is 14.3 Å². The van der Waals surface area contributed by atoms with Crippen molar-refractivity contribution in [3.8, 4) is 0 Å². The summed E-state index contributed by atoms with van der Waals surface area (Å²) in [4.78, 5) is 24.1. The molecule has 0 bridgehead atoms. The number of halogens is 2. The Kier molecular flexibility index (Phi) is 5.57. The third-order valence-electron chi connectivity index (χ3n) is 2.84. The molecule has 0 saturated heterocycles. The molecule has 1 unspecified atom stereocenters. The van der Waals surface area contributed by atoms with Crippen molar-refractivity contribution in [1.82, 2.24) is 0 Å². The number of hydrogen-bond donors (Lipinski definition) is 1. The predicted octanol–water partition coefficient (Wildman–Crippen LogP) is 4.29. The maximum absolute atomic E-state index is 12.0. The summed E-state index contributed by atoms with van der Waals surface area (Å²) in [5, 5.41) is 3.15. The van der Waals surface area contributed by atoms with Crippen LogP contribution < -0.4 is 5.32 Å². The lowest BCUT2D eigenvalue weighted by Gasteiger charge is -2.14. The number of carbonyl (C=O) groups is 2. The number of anilines is 1. The zero-order chi connectivity index (χ0) is 16.1. The Balaban J connectivity index is 1.99. The van der Waals surface area contributed by atoms with Crippen LogP contribution in [0.1, 0.15) is 17.3 Å². The number of ether oxygens (including phenoxy) is 1. The van der Waals surface area contributed by atoms with Gasteiger partial charge in [0, 0.05) is 15.2 Å². The fourth-order valence-corrected chi connectivity index (χ4v) is 2.35. The molecule has 0 radical (unpaired) electrons. The largest absolute Gasteiger partial charge is 0.449 e. The van der Waals surface area contributed by atoms with Gasteiger partial charge in [-0.3, -0.25) is 4.79 Å². The minimum absolute atomic E-state index is 0.366. The van der Waals surface area contributed by atoms with Crippen LogP contribution in [-0.4, -0.2) is 18.0 Å². The molecule has 0 aliphatic heterocycles. The molecule has 6 heteroatoms. The molecule has 0 spiro atoms. The summed E-state index contributed by atoms with van der Waals surface area (Å²) in [5.41, 5.74) is 0.909. The lowest BCUT2D eigenvalue weighted by Crippen LogP contribution is -2.30. The molecule has 22 heavy (non-hydrogen) atoms. The van der Waals surface area contributed by atoms with Gasteiger partial charge in [-0.1, -0.05) is 29.8 Å². The Morgan fingerprint density at radius 1 is 1.18 bits per heavy atom. The van der Waals surface area contributed by atoms with E-state index in [1.54, 1.807) is 48.5 Å². The average Bonchev–Trinajstić information content (AvgIpc) is 2.47. The number of rotatable bonds is 4. The Bertz CT molecular complexity index is 705. The Morgan fingerprint density at radius 3 is 2.59 bits per heavy atom. The summed E-state index contributed by atoms with van der Waals surface area (Å²) in [5.74, 6) is -0.996. The minimum atomic E-state index is -0.932. The first-order valence-electron chi connectivity index (χ1n) is 6.49. The van der Waals surface area contributed by atoms with Gasteiger partial charge >= 0.3 is 5.97 Å². The first kappa shape index (κ1) is 16.5. The van der Waals surface area contributed by atoms with E-state index in [2.05, 4.69) is 21.2 Å². The van der Waals surface area contributed by atoms with E-state index in [4.69, 9.17) is 16.3 Å². The summed E-state index contributed by atoms with van der Waals surface area (Å²) in [6.07, 6.45) is -0.932. The molecule has 1 amide bonds. The topological polar surface area (TPSA) is 55.4 Å². The van der Waals surface area contributed by atoms with E-state index in [1.807, 2.05) is 0 Å². The van der Waals surface area contributed by atoms with Crippen LogP contribution in [0.15, 0.2) is 53.0 Å². The molecule has 4 nitrogen and oxygen atoms in total. The number of carbonyl (C=O) groups excluding carboxylic acids is 2. The minimum Gasteiger partial charge on any atom is -0.449 e. The maximum atomic E-state index is 12.0. The molecule has 1 N–H and O–H groups in total. The molecular formula is C16H13BrClNO3. The van der Waals surface area contributed by atoms with Gasteiger partial charge < -0.3 is 10.1 Å². The molecular weight excluding hydrogens is 370 g/mol. The fourth-order valence-electron chi connectivity index (χ4n) is 1.71. The van der Waals surface area contributed by atoms with E-state index in [-0.39, 0.29) is 0 Å². The molecule has 0 saturated carbocycles. The molecule has 0 aliphatic rings. The number of amides is 1. The van der Waals surface area contributed by atoms with Crippen molar-refractivity contribution in [2.45, 2.75) is 13.0 Å². The van der Waals surface area contributed by atoms with Gasteiger partial charge in [0.05, 0.1) is 5.56 Å². The van der Waals surface area contributed by atoms with Crippen molar-refractivity contribution in [1.29, 1.82) is 0 Å². The molecule has 1 atom stereocenters. The molecule has 0 heterocycles. The summed E-state index contributed by atoms with van der Waals surface area (Å²) in [6, 6.07) is 13.6. The quantitative estimate of drug-likeness (QED) is 0.803. The SMILES string of the molecule is CC(OC(=O)c1ccccc1Br)C(=O)Nc1cccc(Cl)c1. The first-order valence-corrected chi connectivity index (χ1v) is 7.66. The van der Waals surface area contributed by atoms with Crippen LogP contribution in [0.2, 0.25) is 5.02 Å². The number of nitrogens with one attached hydrogen (secondary N) is 1. The van der Waals surface area contributed by atoms with Gasteiger partial charge in [-0.25, -0.2) is 4.79 Å². The van der Waals surface area contributed by atoms with Gasteiger partial charge in [0.15, 0.2) is 6.10 Å². The van der Waals surface area contributed by atoms with E-state index in [0.29, 0.717) is 20.7 Å². The van der Waals surface area contributed by atoms with Crippen LogP contribution >= 0.6 is 27.5 Å². The second-order valence-corrected chi connectivity index (χ2v) is 5.82. The third-order valence-corrected chi connectivity index (χ3v) is 3.77. The van der Waals surface area contributed by atoms with Crippen LogP contribution in [0.3, 0.4) is 0 Å². The highest BCUT2D eigenvalue weighted by Crippen LogP contribution is 2.18. The zero-order valence-corrected chi connectivity index (χ0v) is 14.0. The van der Waals surface area contributed by atoms with Crippen molar-refractivity contribution >= 4 is 45.1 Å². The van der Waals surface area contributed by atoms with Crippen molar-refractivity contribution in [3.05, 3.63) is 63.6 Å². The Morgan fingerprint density at radius 2 is 1.91 bits per heavy atom. The number of hydrogen-bond acceptors (Lipinski definition) is 3. The second kappa shape index (κ2) is 7.42. The van der Waals surface area contributed by atoms with E-state index in [9.17, 15) is 9.59 Å². The summed E-state index contributed by atoms with van der Waals surface area (Å²) in [6.45, 7) is 1.51. The van der Waals surface area contributed by atoms with Crippen LogP contribution in [0, 0.1) is 0 Å². The lowest BCUT2D eigenvalue weighted by molar-refractivity contribution is -0.123. The highest BCUT2D eigenvalue weighted by atomic mass is 79.9. The van der Waals surface area contributed by atoms with Gasteiger partial charge in [0.2, 0.25) is 0 Å². The standard InChI is InChI=1S/C16H13BrClNO3/c1-10(15(20)19-12-6-4-5-11(18)9-12)22-16(21)13-7-2-3-8-14(13)17/h2-10H,1H3,(H,19,20). The lowest BCUT2D eigenvalue weighted by atomic mass is 10.2. The van der Waals surface area contributed by atoms with E-state index >= 15 is 0 Å². The molecule has 2 rings (SSSR count). The molecule has 0 aromatic heterocycles. The molecule has 2 aromatic rings. The van der Waals surface area contributed by atoms with Crippen molar-refractivity contribution in [2.75, 3.05) is 5.32 Å². The van der Waals surface area contributed by atoms with Gasteiger partial charge in [-0.05, 0) is 53.2 Å². The van der Waals surface area contributed by atoms with Gasteiger partial charge in [-0.15, -0.1) is 0 Å². The summed E-state index contributed by atoms with van der Waals surface area (Å²) < 4.78 is 5.78. The maximum Gasteiger partial charge on any atom is 0.340 e. The third kappa shape index (κ3) is 4.32. The van der Waals surface area contributed by atoms with Crippen LogP contribution in [-0.2, 0) is 9.53 Å². The van der Waals surface area contributed by atoms with E-state index in [0.717, 1.165) is 0 Å². The monoisotopic (exact) mass is 381 g/mol. The number of esters is 1. The Hall–Kier alpha value is -1.85.